The summed E-state index contributed by atoms with van der Waals surface area (Å²) in [6, 6.07) is 0. The first kappa shape index (κ1) is 29.3. The van der Waals surface area contributed by atoms with E-state index in [2.05, 4.69) is 46.7 Å². The van der Waals surface area contributed by atoms with Crippen molar-refractivity contribution in [2.75, 3.05) is 13.7 Å². The molecule has 0 aromatic carbocycles. The third-order valence-corrected chi connectivity index (χ3v) is 12.7. The Kier molecular flexibility index (Phi) is 7.29. The van der Waals surface area contributed by atoms with Crippen LogP contribution in [0.5, 0.6) is 0 Å². The summed E-state index contributed by atoms with van der Waals surface area (Å²) in [5.41, 5.74) is -0.0460. The van der Waals surface area contributed by atoms with E-state index in [0.29, 0.717) is 18.6 Å². The fourth-order valence-electron chi connectivity index (χ4n) is 9.42. The van der Waals surface area contributed by atoms with Crippen molar-refractivity contribution < 1.29 is 24.6 Å². The van der Waals surface area contributed by atoms with Gasteiger partial charge in [0.1, 0.15) is 0 Å². The summed E-state index contributed by atoms with van der Waals surface area (Å²) in [7, 11) is 1.49. The molecule has 38 heavy (non-hydrogen) atoms. The topological polar surface area (TPSA) is 96.2 Å². The highest BCUT2D eigenvalue weighted by Crippen LogP contribution is 2.71. The Labute approximate surface area is 229 Å². The van der Waals surface area contributed by atoms with E-state index in [4.69, 9.17) is 4.74 Å². The minimum atomic E-state index is -0.617. The SMILES string of the molecule is COC(=O)[C@@]1(C)CCC(C)(C)CCC2C(=O)C=C3[C@@]4(C)CCC(=NO)[C@](C)(CO)[C@@H]4CC[C@@]3(C)[C@]2(C)CC1. The fraction of sp³-hybridized carbons (Fsp3) is 0.844. The van der Waals surface area contributed by atoms with Crippen LogP contribution in [0, 0.1) is 44.3 Å². The third-order valence-electron chi connectivity index (χ3n) is 12.7. The molecule has 2 N–H and O–H groups in total. The molecule has 0 aromatic rings. The number of aliphatic hydroxyl groups excluding tert-OH is 1. The normalized spacial score (nSPS) is 46.3. The first-order valence-corrected chi connectivity index (χ1v) is 14.7. The number of allylic oxidation sites excluding steroid dienone is 2. The van der Waals surface area contributed by atoms with Crippen LogP contribution >= 0.6 is 0 Å². The standard InChI is InChI=1S/C32H51NO5/c1-27(2)12-9-21-22(35)19-24-29(4)13-11-25(33-37)30(5,20-34)23(29)10-14-32(24,7)31(21,6)18-17-28(3,16-15-27)26(36)38-8/h19,21,23,34,37H,9-18,20H2,1-8H3/t21?,23-,28+,29+,30-,31-,32-/m1/s1. The predicted octanol–water partition coefficient (Wildman–Crippen LogP) is 6.72. The average molecular weight is 530 g/mol. The van der Waals surface area contributed by atoms with Gasteiger partial charge in [0.25, 0.3) is 0 Å². The van der Waals surface area contributed by atoms with Gasteiger partial charge in [-0.1, -0.05) is 52.3 Å². The number of hydrogen-bond donors (Lipinski definition) is 2. The van der Waals surface area contributed by atoms with E-state index in [1.54, 1.807) is 0 Å². The summed E-state index contributed by atoms with van der Waals surface area (Å²) in [4.78, 5) is 27.2. The van der Waals surface area contributed by atoms with Crippen LogP contribution in [0.4, 0.5) is 0 Å². The van der Waals surface area contributed by atoms with Crippen LogP contribution in [0.15, 0.2) is 16.8 Å². The Bertz CT molecular complexity index is 1050. The molecule has 6 heteroatoms. The van der Waals surface area contributed by atoms with Crippen molar-refractivity contribution in [1.82, 2.24) is 0 Å². The summed E-state index contributed by atoms with van der Waals surface area (Å²) in [6.45, 7) is 15.5. The third kappa shape index (κ3) is 4.10. The first-order chi connectivity index (χ1) is 17.6. The van der Waals surface area contributed by atoms with Gasteiger partial charge in [-0.25, -0.2) is 0 Å². The Balaban J connectivity index is 1.84. The molecule has 3 saturated carbocycles. The molecule has 3 fully saturated rings. The summed E-state index contributed by atoms with van der Waals surface area (Å²) in [5.74, 6) is 0.0867. The molecule has 0 saturated heterocycles. The number of ether oxygens (including phenoxy) is 1. The van der Waals surface area contributed by atoms with Crippen molar-refractivity contribution in [2.45, 2.75) is 113 Å². The quantitative estimate of drug-likeness (QED) is 0.235. The monoisotopic (exact) mass is 529 g/mol. The zero-order chi connectivity index (χ0) is 28.4. The van der Waals surface area contributed by atoms with E-state index in [0.717, 1.165) is 51.4 Å². The van der Waals surface area contributed by atoms with Crippen molar-refractivity contribution in [3.63, 3.8) is 0 Å². The molecule has 0 bridgehead atoms. The van der Waals surface area contributed by atoms with Crippen LogP contribution in [0.1, 0.15) is 113 Å². The minimum Gasteiger partial charge on any atom is -0.469 e. The highest BCUT2D eigenvalue weighted by Gasteiger charge is 2.66. The molecule has 7 atom stereocenters. The molecule has 0 aromatic heterocycles. The molecule has 0 aliphatic heterocycles. The van der Waals surface area contributed by atoms with Crippen molar-refractivity contribution >= 4 is 17.5 Å². The van der Waals surface area contributed by atoms with Gasteiger partial charge in [0.05, 0.1) is 24.8 Å². The maximum absolute atomic E-state index is 14.1. The second-order valence-electron chi connectivity index (χ2n) is 15.1. The van der Waals surface area contributed by atoms with E-state index < -0.39 is 10.8 Å². The van der Waals surface area contributed by atoms with Crippen molar-refractivity contribution in [1.29, 1.82) is 0 Å². The van der Waals surface area contributed by atoms with E-state index in [1.807, 2.05) is 13.0 Å². The number of carbonyl (C=O) groups excluding carboxylic acids is 2. The minimum absolute atomic E-state index is 0.0364. The molecular weight excluding hydrogens is 478 g/mol. The Morgan fingerprint density at radius 3 is 2.24 bits per heavy atom. The smallest absolute Gasteiger partial charge is 0.311 e. The average Bonchev–Trinajstić information content (AvgIpc) is 2.87. The molecule has 0 spiro atoms. The van der Waals surface area contributed by atoms with E-state index in [1.165, 1.54) is 12.7 Å². The molecule has 0 heterocycles. The maximum atomic E-state index is 14.1. The summed E-state index contributed by atoms with van der Waals surface area (Å²) < 4.78 is 5.32. The van der Waals surface area contributed by atoms with Crippen LogP contribution in [0.3, 0.4) is 0 Å². The Morgan fingerprint density at radius 2 is 1.63 bits per heavy atom. The maximum Gasteiger partial charge on any atom is 0.311 e. The number of methoxy groups -OCH3 is 1. The molecule has 214 valence electrons. The van der Waals surface area contributed by atoms with Gasteiger partial charge in [0.15, 0.2) is 5.78 Å². The molecule has 4 aliphatic carbocycles. The molecular formula is C32H51NO5. The number of aliphatic hydroxyl groups is 1. The number of rotatable bonds is 2. The van der Waals surface area contributed by atoms with Crippen molar-refractivity contribution in [3.05, 3.63) is 11.6 Å². The lowest BCUT2D eigenvalue weighted by atomic mass is 9.37. The number of fused-ring (bicyclic) bond motifs is 5. The number of nitrogens with zero attached hydrogens (tertiary/aromatic N) is 1. The fourth-order valence-corrected chi connectivity index (χ4v) is 9.42. The van der Waals surface area contributed by atoms with Crippen LogP contribution in [-0.2, 0) is 14.3 Å². The van der Waals surface area contributed by atoms with Crippen molar-refractivity contribution in [3.8, 4) is 0 Å². The zero-order valence-corrected chi connectivity index (χ0v) is 25.1. The molecule has 6 nitrogen and oxygen atoms in total. The number of ketones is 1. The second kappa shape index (κ2) is 9.45. The lowest BCUT2D eigenvalue weighted by molar-refractivity contribution is -0.155. The lowest BCUT2D eigenvalue weighted by Crippen LogP contribution is -2.62. The van der Waals surface area contributed by atoms with Crippen LogP contribution in [0.2, 0.25) is 0 Å². The van der Waals surface area contributed by atoms with Gasteiger partial charge in [0.2, 0.25) is 0 Å². The summed E-state index contributed by atoms with van der Waals surface area (Å²) in [5, 5.41) is 24.0. The molecule has 0 radical (unpaired) electrons. The first-order valence-electron chi connectivity index (χ1n) is 14.7. The van der Waals surface area contributed by atoms with Gasteiger partial charge in [-0.2, -0.15) is 0 Å². The van der Waals surface area contributed by atoms with E-state index in [9.17, 15) is 19.9 Å². The molecule has 4 rings (SSSR count). The Hall–Kier alpha value is -1.69. The largest absolute Gasteiger partial charge is 0.469 e. The van der Waals surface area contributed by atoms with Crippen LogP contribution in [0.25, 0.3) is 0 Å². The zero-order valence-electron chi connectivity index (χ0n) is 25.1. The number of carbonyl (C=O) groups is 2. The molecule has 4 aliphatic rings. The number of esters is 1. The van der Waals surface area contributed by atoms with Gasteiger partial charge >= 0.3 is 5.97 Å². The lowest BCUT2D eigenvalue weighted by Gasteiger charge is -2.66. The molecule has 1 unspecified atom stereocenters. The van der Waals surface area contributed by atoms with Gasteiger partial charge in [0, 0.05) is 11.3 Å². The predicted molar refractivity (Wildman–Crippen MR) is 149 cm³/mol. The summed E-state index contributed by atoms with van der Waals surface area (Å²) in [6.07, 6.45) is 10.3. The Morgan fingerprint density at radius 1 is 0.974 bits per heavy atom. The van der Waals surface area contributed by atoms with Gasteiger partial charge < -0.3 is 15.1 Å². The number of oxime groups is 1. The van der Waals surface area contributed by atoms with Crippen LogP contribution in [-0.4, -0.2) is 41.5 Å². The molecule has 0 amide bonds. The highest BCUT2D eigenvalue weighted by molar-refractivity contribution is 5.96. The summed E-state index contributed by atoms with van der Waals surface area (Å²) >= 11 is 0. The van der Waals surface area contributed by atoms with E-state index >= 15 is 0 Å². The van der Waals surface area contributed by atoms with Gasteiger partial charge in [-0.05, 0) is 105 Å². The van der Waals surface area contributed by atoms with Crippen LogP contribution < -0.4 is 0 Å². The van der Waals surface area contributed by atoms with Gasteiger partial charge in [-0.3, -0.25) is 9.59 Å². The van der Waals surface area contributed by atoms with Gasteiger partial charge in [-0.15, -0.1) is 0 Å². The second-order valence-corrected chi connectivity index (χ2v) is 15.1. The van der Waals surface area contributed by atoms with Crippen molar-refractivity contribution in [2.24, 2.45) is 49.5 Å². The number of hydrogen-bond acceptors (Lipinski definition) is 6. The van der Waals surface area contributed by atoms with E-state index in [-0.39, 0.29) is 51.9 Å². The highest BCUT2D eigenvalue weighted by atomic mass is 16.5.